The Morgan fingerprint density at radius 3 is 2.58 bits per heavy atom. The molecule has 3 aromatic rings. The van der Waals surface area contributed by atoms with Crippen LogP contribution in [0.1, 0.15) is 32.1 Å². The van der Waals surface area contributed by atoms with Crippen LogP contribution >= 0.6 is 0 Å². The summed E-state index contributed by atoms with van der Waals surface area (Å²) in [7, 11) is 3.97. The Morgan fingerprint density at radius 2 is 1.88 bits per heavy atom. The molecular weight excluding hydrogens is 419 g/mol. The maximum Gasteiger partial charge on any atom is 0.328 e. The number of nitrogen functional groups attached to an aromatic ring is 1. The highest BCUT2D eigenvalue weighted by molar-refractivity contribution is 6.03. The number of amides is 2. The van der Waals surface area contributed by atoms with Gasteiger partial charge in [0.2, 0.25) is 0 Å². The van der Waals surface area contributed by atoms with Crippen LogP contribution in [0, 0.1) is 5.82 Å². The Bertz CT molecular complexity index is 1110. The molecule has 2 amide bonds. The van der Waals surface area contributed by atoms with Gasteiger partial charge >= 0.3 is 6.03 Å². The van der Waals surface area contributed by atoms with Crippen LogP contribution in [0.25, 0.3) is 11.3 Å². The summed E-state index contributed by atoms with van der Waals surface area (Å²) < 4.78 is 13.3. The molecule has 33 heavy (non-hydrogen) atoms. The van der Waals surface area contributed by atoms with Crippen molar-refractivity contribution >= 4 is 29.0 Å². The largest absolute Gasteiger partial charge is 0.396 e. The Balaban J connectivity index is 1.71. The van der Waals surface area contributed by atoms with Gasteiger partial charge in [-0.05, 0) is 49.2 Å². The number of hydrogen-bond acceptors (Lipinski definition) is 5. The van der Waals surface area contributed by atoms with Gasteiger partial charge in [-0.1, -0.05) is 31.4 Å². The van der Waals surface area contributed by atoms with Crippen molar-refractivity contribution in [1.29, 1.82) is 0 Å². The molecule has 7 nitrogen and oxygen atoms in total. The minimum atomic E-state index is -0.462. The minimum Gasteiger partial charge on any atom is -0.396 e. The summed E-state index contributed by atoms with van der Waals surface area (Å²) in [6.07, 6.45) is 6.02. The van der Waals surface area contributed by atoms with Crippen molar-refractivity contribution in [3.63, 3.8) is 0 Å². The van der Waals surface area contributed by atoms with Crippen molar-refractivity contribution in [3.05, 3.63) is 60.5 Å². The molecule has 1 aliphatic carbocycles. The third kappa shape index (κ3) is 5.22. The van der Waals surface area contributed by atoms with Crippen molar-refractivity contribution in [2.24, 2.45) is 0 Å². The van der Waals surface area contributed by atoms with E-state index in [-0.39, 0.29) is 17.9 Å². The molecule has 2 aromatic heterocycles. The topological polar surface area (TPSA) is 87.4 Å². The fourth-order valence-corrected chi connectivity index (χ4v) is 4.15. The second-order valence-corrected chi connectivity index (χ2v) is 8.51. The number of carbonyl (C=O) groups is 1. The SMILES string of the molecule is CN(C)c1cccc(-c2ccc(N)c(N(C(=O)Nc3ccc(F)cn3)C3CCCCC3)n2)c1. The highest BCUT2D eigenvalue weighted by Crippen LogP contribution is 2.33. The van der Waals surface area contributed by atoms with Crippen molar-refractivity contribution < 1.29 is 9.18 Å². The van der Waals surface area contributed by atoms with Crippen LogP contribution in [0.3, 0.4) is 0 Å². The third-order valence-corrected chi connectivity index (χ3v) is 5.91. The number of urea groups is 1. The van der Waals surface area contributed by atoms with Crippen LogP contribution in [0.15, 0.2) is 54.7 Å². The Hall–Kier alpha value is -3.68. The van der Waals surface area contributed by atoms with Gasteiger partial charge in [-0.2, -0.15) is 0 Å². The van der Waals surface area contributed by atoms with E-state index in [1.807, 2.05) is 43.3 Å². The summed E-state index contributed by atoms with van der Waals surface area (Å²) in [5.74, 6) is 0.237. The molecule has 8 heteroatoms. The van der Waals surface area contributed by atoms with Gasteiger partial charge in [0.25, 0.3) is 0 Å². The first kappa shape index (κ1) is 22.5. The van der Waals surface area contributed by atoms with Crippen molar-refractivity contribution in [1.82, 2.24) is 9.97 Å². The molecule has 0 radical (unpaired) electrons. The highest BCUT2D eigenvalue weighted by atomic mass is 19.1. The first-order valence-electron chi connectivity index (χ1n) is 11.2. The normalized spacial score (nSPS) is 14.0. The summed E-state index contributed by atoms with van der Waals surface area (Å²) in [6.45, 7) is 0. The van der Waals surface area contributed by atoms with Gasteiger partial charge in [-0.3, -0.25) is 10.2 Å². The van der Waals surface area contributed by atoms with Crippen LogP contribution in [-0.4, -0.2) is 36.1 Å². The number of rotatable bonds is 5. The smallest absolute Gasteiger partial charge is 0.328 e. The van der Waals surface area contributed by atoms with E-state index in [0.717, 1.165) is 55.2 Å². The van der Waals surface area contributed by atoms with Crippen molar-refractivity contribution in [2.75, 3.05) is 34.9 Å². The summed E-state index contributed by atoms with van der Waals surface area (Å²) in [5.41, 5.74) is 9.50. The van der Waals surface area contributed by atoms with E-state index < -0.39 is 5.82 Å². The number of halogens is 1. The minimum absolute atomic E-state index is 0.0302. The Kier molecular flexibility index (Phi) is 6.72. The number of nitrogens with one attached hydrogen (secondary N) is 1. The maximum atomic E-state index is 13.4. The van der Waals surface area contributed by atoms with Gasteiger partial charge in [0.15, 0.2) is 5.82 Å². The first-order chi connectivity index (χ1) is 15.9. The average Bonchev–Trinajstić information content (AvgIpc) is 2.83. The van der Waals surface area contributed by atoms with Crippen molar-refractivity contribution in [2.45, 2.75) is 38.1 Å². The predicted molar refractivity (Wildman–Crippen MR) is 131 cm³/mol. The summed E-state index contributed by atoms with van der Waals surface area (Å²) in [4.78, 5) is 25.9. The quantitative estimate of drug-likeness (QED) is 0.553. The summed E-state index contributed by atoms with van der Waals surface area (Å²) >= 11 is 0. The standard InChI is InChI=1S/C25H29FN6O/c1-31(2)20-10-6-7-17(15-20)22-13-12-21(27)24(29-22)32(19-8-4-3-5-9-19)25(33)30-23-14-11-18(26)16-28-23/h6-7,10-16,19H,3-5,8-9,27H2,1-2H3,(H,28,30,33). The molecule has 1 aromatic carbocycles. The van der Waals surface area contributed by atoms with E-state index in [1.54, 1.807) is 11.0 Å². The monoisotopic (exact) mass is 448 g/mol. The van der Waals surface area contributed by atoms with Crippen LogP contribution in [-0.2, 0) is 0 Å². The number of anilines is 4. The van der Waals surface area contributed by atoms with Gasteiger partial charge in [0, 0.05) is 31.4 Å². The number of aromatic nitrogens is 2. The van der Waals surface area contributed by atoms with Gasteiger partial charge in [0.05, 0.1) is 17.6 Å². The van der Waals surface area contributed by atoms with Crippen LogP contribution in [0.5, 0.6) is 0 Å². The van der Waals surface area contributed by atoms with E-state index in [4.69, 9.17) is 10.7 Å². The number of pyridine rings is 2. The van der Waals surface area contributed by atoms with E-state index in [0.29, 0.717) is 11.5 Å². The lowest BCUT2D eigenvalue weighted by Gasteiger charge is -2.34. The molecule has 3 N–H and O–H groups in total. The summed E-state index contributed by atoms with van der Waals surface area (Å²) in [5, 5.41) is 2.78. The van der Waals surface area contributed by atoms with Gasteiger partial charge in [-0.25, -0.2) is 19.2 Å². The number of carbonyl (C=O) groups excluding carboxylic acids is 1. The van der Waals surface area contributed by atoms with Crippen LogP contribution in [0.4, 0.5) is 32.2 Å². The molecule has 0 atom stereocenters. The molecule has 0 bridgehead atoms. The van der Waals surface area contributed by atoms with E-state index >= 15 is 0 Å². The van der Waals surface area contributed by atoms with Gasteiger partial charge in [0.1, 0.15) is 11.6 Å². The number of benzene rings is 1. The van der Waals surface area contributed by atoms with E-state index in [9.17, 15) is 9.18 Å². The lowest BCUT2D eigenvalue weighted by Crippen LogP contribution is -2.45. The van der Waals surface area contributed by atoms with Crippen LogP contribution < -0.4 is 20.9 Å². The zero-order chi connectivity index (χ0) is 23.4. The maximum absolute atomic E-state index is 13.4. The Morgan fingerprint density at radius 1 is 1.09 bits per heavy atom. The van der Waals surface area contributed by atoms with E-state index in [2.05, 4.69) is 16.4 Å². The van der Waals surface area contributed by atoms with Crippen LogP contribution in [0.2, 0.25) is 0 Å². The second-order valence-electron chi connectivity index (χ2n) is 8.51. The van der Waals surface area contributed by atoms with Gasteiger partial charge < -0.3 is 10.6 Å². The molecule has 1 fully saturated rings. The highest BCUT2D eigenvalue weighted by Gasteiger charge is 2.30. The zero-order valence-electron chi connectivity index (χ0n) is 19.0. The molecule has 0 aliphatic heterocycles. The number of nitrogens with two attached hydrogens (primary N) is 1. The fourth-order valence-electron chi connectivity index (χ4n) is 4.15. The predicted octanol–water partition coefficient (Wildman–Crippen LogP) is 5.30. The van der Waals surface area contributed by atoms with Crippen molar-refractivity contribution in [3.8, 4) is 11.3 Å². The lowest BCUT2D eigenvalue weighted by atomic mass is 9.94. The molecule has 1 aliphatic rings. The van der Waals surface area contributed by atoms with E-state index in [1.165, 1.54) is 12.1 Å². The second kappa shape index (κ2) is 9.85. The Labute approximate surface area is 193 Å². The molecule has 0 unspecified atom stereocenters. The third-order valence-electron chi connectivity index (χ3n) is 5.91. The number of hydrogen-bond donors (Lipinski definition) is 2. The molecule has 172 valence electrons. The fraction of sp³-hybridized carbons (Fsp3) is 0.320. The molecule has 4 rings (SSSR count). The zero-order valence-corrected chi connectivity index (χ0v) is 19.0. The lowest BCUT2D eigenvalue weighted by molar-refractivity contribution is 0.252. The summed E-state index contributed by atoms with van der Waals surface area (Å²) in [6, 6.07) is 14.0. The number of nitrogens with zero attached hydrogens (tertiary/aromatic N) is 4. The molecular formula is C25H29FN6O. The molecule has 0 spiro atoms. The average molecular weight is 449 g/mol. The molecule has 1 saturated carbocycles. The van der Waals surface area contributed by atoms with Gasteiger partial charge in [-0.15, -0.1) is 0 Å². The first-order valence-corrected chi connectivity index (χ1v) is 11.2. The molecule has 0 saturated heterocycles. The molecule has 2 heterocycles.